The number of rotatable bonds is 2. The Morgan fingerprint density at radius 1 is 1.19 bits per heavy atom. The number of carbonyl (C=O) groups is 1. The zero-order chi connectivity index (χ0) is 11.5. The summed E-state index contributed by atoms with van der Waals surface area (Å²) in [4.78, 5) is 11.8. The zero-order valence-electron chi connectivity index (χ0n) is 9.83. The van der Waals surface area contributed by atoms with E-state index in [1.807, 2.05) is 12.1 Å². The van der Waals surface area contributed by atoms with Crippen molar-refractivity contribution in [3.8, 4) is 0 Å². The van der Waals surface area contributed by atoms with Crippen molar-refractivity contribution in [1.29, 1.82) is 0 Å². The lowest BCUT2D eigenvalue weighted by Crippen LogP contribution is -2.26. The van der Waals surface area contributed by atoms with E-state index in [0.717, 1.165) is 18.4 Å². The second-order valence-electron chi connectivity index (χ2n) is 4.70. The number of Topliss-reactive ketones (excluding diaryl/α,β-unsaturated/α-hetero) is 1. The molecule has 0 heterocycles. The van der Waals surface area contributed by atoms with E-state index in [9.17, 15) is 4.79 Å². The summed E-state index contributed by atoms with van der Waals surface area (Å²) in [6, 6.07) is 5.68. The lowest BCUT2D eigenvalue weighted by atomic mass is 9.97. The third-order valence-electron chi connectivity index (χ3n) is 3.30. The fraction of sp³-hybridized carbons (Fsp3) is 0.500. The summed E-state index contributed by atoms with van der Waals surface area (Å²) < 4.78 is 0. The molecule has 2 rings (SSSR count). The van der Waals surface area contributed by atoms with Crippen molar-refractivity contribution < 1.29 is 4.79 Å². The van der Waals surface area contributed by atoms with Crippen LogP contribution in [-0.4, -0.2) is 11.8 Å². The predicted octanol–water partition coefficient (Wildman–Crippen LogP) is 2.49. The van der Waals surface area contributed by atoms with Gasteiger partial charge in [0.1, 0.15) is 0 Å². The van der Waals surface area contributed by atoms with Crippen molar-refractivity contribution in [2.24, 2.45) is 5.73 Å². The van der Waals surface area contributed by atoms with Gasteiger partial charge in [0.05, 0.1) is 6.04 Å². The van der Waals surface area contributed by atoms with E-state index < -0.39 is 6.04 Å². The molecule has 1 aromatic rings. The largest absolute Gasteiger partial charge is 0.321 e. The topological polar surface area (TPSA) is 43.1 Å². The molecule has 1 aliphatic rings. The van der Waals surface area contributed by atoms with Crippen molar-refractivity contribution >= 4 is 5.78 Å². The summed E-state index contributed by atoms with van der Waals surface area (Å²) in [5.74, 6) is 0.0482. The molecular weight excluding hydrogens is 198 g/mol. The Bertz CT molecular complexity index is 396. The van der Waals surface area contributed by atoms with Gasteiger partial charge in [-0.2, -0.15) is 0 Å². The highest BCUT2D eigenvalue weighted by atomic mass is 16.1. The number of hydrogen-bond donors (Lipinski definition) is 1. The van der Waals surface area contributed by atoms with E-state index in [0.29, 0.717) is 0 Å². The van der Waals surface area contributed by atoms with Crippen LogP contribution in [0.1, 0.15) is 47.7 Å². The molecule has 1 aromatic carbocycles. The first-order chi connectivity index (χ1) is 7.68. The number of benzene rings is 1. The molecule has 0 spiro atoms. The number of fused-ring (bicyclic) bond motifs is 1. The fourth-order valence-corrected chi connectivity index (χ4v) is 2.33. The molecule has 0 radical (unpaired) electrons. The van der Waals surface area contributed by atoms with Crippen LogP contribution in [0, 0.1) is 0 Å². The highest BCUT2D eigenvalue weighted by molar-refractivity contribution is 5.99. The average Bonchev–Trinajstić information content (AvgIpc) is 2.51. The van der Waals surface area contributed by atoms with E-state index in [-0.39, 0.29) is 5.78 Å². The molecule has 0 fully saturated rings. The SMILES string of the molecule is CC(N)C(=O)c1ccc2c(c1)CCCCC2. The summed E-state index contributed by atoms with van der Waals surface area (Å²) in [5, 5.41) is 0. The van der Waals surface area contributed by atoms with Gasteiger partial charge < -0.3 is 5.73 Å². The Kier molecular flexibility index (Phi) is 3.39. The minimum Gasteiger partial charge on any atom is -0.321 e. The third-order valence-corrected chi connectivity index (χ3v) is 3.30. The maximum atomic E-state index is 11.8. The summed E-state index contributed by atoms with van der Waals surface area (Å²) in [6.45, 7) is 1.74. The van der Waals surface area contributed by atoms with Gasteiger partial charge in [-0.25, -0.2) is 0 Å². The number of hydrogen-bond acceptors (Lipinski definition) is 2. The molecule has 0 aromatic heterocycles. The molecule has 1 aliphatic carbocycles. The van der Waals surface area contributed by atoms with Gasteiger partial charge in [-0.05, 0) is 49.8 Å². The smallest absolute Gasteiger partial charge is 0.179 e. The van der Waals surface area contributed by atoms with E-state index in [1.54, 1.807) is 6.92 Å². The van der Waals surface area contributed by atoms with E-state index in [2.05, 4.69) is 6.07 Å². The van der Waals surface area contributed by atoms with Crippen LogP contribution in [0.2, 0.25) is 0 Å². The molecule has 0 aliphatic heterocycles. The lowest BCUT2D eigenvalue weighted by molar-refractivity contribution is 0.0968. The fourth-order valence-electron chi connectivity index (χ4n) is 2.33. The van der Waals surface area contributed by atoms with Gasteiger partial charge in [0.25, 0.3) is 0 Å². The highest BCUT2D eigenvalue weighted by Gasteiger charge is 2.14. The summed E-state index contributed by atoms with van der Waals surface area (Å²) in [6.07, 6.45) is 6.07. The van der Waals surface area contributed by atoms with Crippen LogP contribution in [0.25, 0.3) is 0 Å². The first kappa shape index (κ1) is 11.3. The molecule has 2 heteroatoms. The van der Waals surface area contributed by atoms with Crippen molar-refractivity contribution in [2.45, 2.75) is 45.1 Å². The minimum atomic E-state index is -0.399. The van der Waals surface area contributed by atoms with E-state index >= 15 is 0 Å². The first-order valence-corrected chi connectivity index (χ1v) is 6.10. The molecule has 0 amide bonds. The second kappa shape index (κ2) is 4.79. The molecule has 2 N–H and O–H groups in total. The van der Waals surface area contributed by atoms with Gasteiger partial charge in [0, 0.05) is 5.56 Å². The maximum Gasteiger partial charge on any atom is 0.179 e. The normalized spacial score (nSPS) is 17.4. The lowest BCUT2D eigenvalue weighted by Gasteiger charge is -2.09. The quantitative estimate of drug-likeness (QED) is 0.611. The molecule has 1 unspecified atom stereocenters. The summed E-state index contributed by atoms with van der Waals surface area (Å²) in [5.41, 5.74) is 9.17. The number of carbonyl (C=O) groups excluding carboxylic acids is 1. The molecule has 0 saturated heterocycles. The Labute approximate surface area is 96.8 Å². The summed E-state index contributed by atoms with van der Waals surface area (Å²) >= 11 is 0. The molecular formula is C14H19NO. The Balaban J connectivity index is 2.30. The van der Waals surface area contributed by atoms with Gasteiger partial charge in [-0.3, -0.25) is 4.79 Å². The van der Waals surface area contributed by atoms with Crippen LogP contribution in [0.3, 0.4) is 0 Å². The van der Waals surface area contributed by atoms with E-state index in [1.165, 1.54) is 30.4 Å². The van der Waals surface area contributed by atoms with Crippen LogP contribution < -0.4 is 5.73 Å². The monoisotopic (exact) mass is 217 g/mol. The molecule has 2 nitrogen and oxygen atoms in total. The van der Waals surface area contributed by atoms with Crippen LogP contribution >= 0.6 is 0 Å². The first-order valence-electron chi connectivity index (χ1n) is 6.10. The minimum absolute atomic E-state index is 0.0482. The molecule has 0 bridgehead atoms. The van der Waals surface area contributed by atoms with E-state index in [4.69, 9.17) is 5.73 Å². The van der Waals surface area contributed by atoms with Gasteiger partial charge in [-0.1, -0.05) is 18.6 Å². The van der Waals surface area contributed by atoms with Crippen LogP contribution in [0.5, 0.6) is 0 Å². The standard InChI is InChI=1S/C14H19NO/c1-10(15)14(16)13-8-7-11-5-3-2-4-6-12(11)9-13/h7-10H,2-6,15H2,1H3. The van der Waals surface area contributed by atoms with Crippen molar-refractivity contribution in [1.82, 2.24) is 0 Å². The van der Waals surface area contributed by atoms with Gasteiger partial charge in [0.15, 0.2) is 5.78 Å². The second-order valence-corrected chi connectivity index (χ2v) is 4.70. The van der Waals surface area contributed by atoms with Crippen LogP contribution in [-0.2, 0) is 12.8 Å². The molecule has 16 heavy (non-hydrogen) atoms. The van der Waals surface area contributed by atoms with Crippen LogP contribution in [0.4, 0.5) is 0 Å². The number of nitrogens with two attached hydrogens (primary N) is 1. The van der Waals surface area contributed by atoms with Gasteiger partial charge in [-0.15, -0.1) is 0 Å². The molecule has 86 valence electrons. The number of ketones is 1. The van der Waals surface area contributed by atoms with Gasteiger partial charge in [0.2, 0.25) is 0 Å². The number of aryl methyl sites for hydroxylation is 2. The Hall–Kier alpha value is -1.15. The third kappa shape index (κ3) is 2.33. The maximum absolute atomic E-state index is 11.8. The summed E-state index contributed by atoms with van der Waals surface area (Å²) in [7, 11) is 0. The Morgan fingerprint density at radius 3 is 2.56 bits per heavy atom. The van der Waals surface area contributed by atoms with Crippen LogP contribution in [0.15, 0.2) is 18.2 Å². The van der Waals surface area contributed by atoms with Crippen molar-refractivity contribution in [3.63, 3.8) is 0 Å². The zero-order valence-corrected chi connectivity index (χ0v) is 9.83. The average molecular weight is 217 g/mol. The van der Waals surface area contributed by atoms with Crippen molar-refractivity contribution in [2.75, 3.05) is 0 Å². The molecule has 1 atom stereocenters. The highest BCUT2D eigenvalue weighted by Crippen LogP contribution is 2.22. The molecule has 0 saturated carbocycles. The van der Waals surface area contributed by atoms with Crippen molar-refractivity contribution in [3.05, 3.63) is 34.9 Å². The Morgan fingerprint density at radius 2 is 1.88 bits per heavy atom. The predicted molar refractivity (Wildman–Crippen MR) is 65.7 cm³/mol. The van der Waals surface area contributed by atoms with Gasteiger partial charge >= 0.3 is 0 Å².